The molecule has 0 bridgehead atoms. The zero-order valence-electron chi connectivity index (χ0n) is 12.1. The van der Waals surface area contributed by atoms with Gasteiger partial charge in [0.2, 0.25) is 0 Å². The topological polar surface area (TPSA) is 64.8 Å². The van der Waals surface area contributed by atoms with Gasteiger partial charge in [0.25, 0.3) is 5.91 Å². The standard InChI is InChI=1S/C15H22N2O3/c1-3-20-13-5-4-11(10-14(13)19-2)15(18)17-8-6-12(16)7-9-17/h4-5,10,12H,3,6-9,16H2,1-2H3. The van der Waals surface area contributed by atoms with Gasteiger partial charge in [-0.1, -0.05) is 0 Å². The average Bonchev–Trinajstić information content (AvgIpc) is 2.48. The van der Waals surface area contributed by atoms with E-state index in [-0.39, 0.29) is 11.9 Å². The molecule has 1 heterocycles. The van der Waals surface area contributed by atoms with Gasteiger partial charge < -0.3 is 20.1 Å². The Morgan fingerprint density at radius 3 is 2.65 bits per heavy atom. The van der Waals surface area contributed by atoms with Crippen molar-refractivity contribution in [3.8, 4) is 11.5 Å². The van der Waals surface area contributed by atoms with Crippen LogP contribution in [-0.2, 0) is 0 Å². The summed E-state index contributed by atoms with van der Waals surface area (Å²) in [5, 5.41) is 0. The van der Waals surface area contributed by atoms with Gasteiger partial charge in [-0.25, -0.2) is 0 Å². The highest BCUT2D eigenvalue weighted by Crippen LogP contribution is 2.28. The van der Waals surface area contributed by atoms with Gasteiger partial charge >= 0.3 is 0 Å². The number of nitrogens with zero attached hydrogens (tertiary/aromatic N) is 1. The number of hydrogen-bond donors (Lipinski definition) is 1. The maximum atomic E-state index is 12.4. The Morgan fingerprint density at radius 1 is 1.35 bits per heavy atom. The van der Waals surface area contributed by atoms with Crippen LogP contribution in [0.1, 0.15) is 30.1 Å². The number of methoxy groups -OCH3 is 1. The highest BCUT2D eigenvalue weighted by atomic mass is 16.5. The second kappa shape index (κ2) is 6.61. The average molecular weight is 278 g/mol. The molecule has 110 valence electrons. The molecular weight excluding hydrogens is 256 g/mol. The fraction of sp³-hybridized carbons (Fsp3) is 0.533. The first-order chi connectivity index (χ1) is 9.65. The summed E-state index contributed by atoms with van der Waals surface area (Å²) in [4.78, 5) is 14.3. The number of amides is 1. The van der Waals surface area contributed by atoms with Crippen molar-refractivity contribution >= 4 is 5.91 Å². The second-order valence-electron chi connectivity index (χ2n) is 4.93. The predicted octanol–water partition coefficient (Wildman–Crippen LogP) is 1.66. The monoisotopic (exact) mass is 278 g/mol. The van der Waals surface area contributed by atoms with Crippen molar-refractivity contribution in [3.63, 3.8) is 0 Å². The van der Waals surface area contributed by atoms with Gasteiger partial charge in [-0.05, 0) is 38.0 Å². The van der Waals surface area contributed by atoms with Gasteiger partial charge in [0, 0.05) is 24.7 Å². The van der Waals surface area contributed by atoms with Crippen molar-refractivity contribution in [2.75, 3.05) is 26.8 Å². The smallest absolute Gasteiger partial charge is 0.253 e. The summed E-state index contributed by atoms with van der Waals surface area (Å²) in [5.74, 6) is 1.27. The summed E-state index contributed by atoms with van der Waals surface area (Å²) in [5.41, 5.74) is 6.49. The van der Waals surface area contributed by atoms with Crippen LogP contribution in [0.2, 0.25) is 0 Å². The minimum Gasteiger partial charge on any atom is -0.493 e. The first-order valence-electron chi connectivity index (χ1n) is 7.01. The van der Waals surface area contributed by atoms with Gasteiger partial charge in [0.1, 0.15) is 0 Å². The number of rotatable bonds is 4. The molecule has 5 heteroatoms. The third kappa shape index (κ3) is 3.22. The van der Waals surface area contributed by atoms with Crippen LogP contribution in [0, 0.1) is 0 Å². The molecule has 5 nitrogen and oxygen atoms in total. The molecule has 1 aromatic rings. The molecule has 2 rings (SSSR count). The summed E-state index contributed by atoms with van der Waals surface area (Å²) in [7, 11) is 1.58. The van der Waals surface area contributed by atoms with Crippen LogP contribution in [0.15, 0.2) is 18.2 Å². The van der Waals surface area contributed by atoms with E-state index in [2.05, 4.69) is 0 Å². The summed E-state index contributed by atoms with van der Waals surface area (Å²) in [6.07, 6.45) is 1.72. The summed E-state index contributed by atoms with van der Waals surface area (Å²) in [6, 6.07) is 5.52. The molecule has 0 unspecified atom stereocenters. The Hall–Kier alpha value is -1.75. The summed E-state index contributed by atoms with van der Waals surface area (Å²) in [6.45, 7) is 3.91. The summed E-state index contributed by atoms with van der Waals surface area (Å²) >= 11 is 0. The van der Waals surface area contributed by atoms with E-state index in [1.165, 1.54) is 0 Å². The van der Waals surface area contributed by atoms with Crippen molar-refractivity contribution in [1.29, 1.82) is 0 Å². The number of ether oxygens (including phenoxy) is 2. The third-order valence-electron chi connectivity index (χ3n) is 3.54. The fourth-order valence-electron chi connectivity index (χ4n) is 2.36. The predicted molar refractivity (Wildman–Crippen MR) is 77.3 cm³/mol. The zero-order chi connectivity index (χ0) is 14.5. The first-order valence-corrected chi connectivity index (χ1v) is 7.01. The number of piperidine rings is 1. The molecule has 0 radical (unpaired) electrons. The molecule has 1 fully saturated rings. The molecule has 0 aliphatic carbocycles. The maximum absolute atomic E-state index is 12.4. The minimum absolute atomic E-state index is 0.0262. The fourth-order valence-corrected chi connectivity index (χ4v) is 2.36. The SMILES string of the molecule is CCOc1ccc(C(=O)N2CCC(N)CC2)cc1OC. The molecular formula is C15H22N2O3. The molecule has 1 amide bonds. The van der Waals surface area contributed by atoms with Gasteiger partial charge in [-0.15, -0.1) is 0 Å². The van der Waals surface area contributed by atoms with E-state index >= 15 is 0 Å². The van der Waals surface area contributed by atoms with Crippen molar-refractivity contribution < 1.29 is 14.3 Å². The van der Waals surface area contributed by atoms with E-state index in [9.17, 15) is 4.79 Å². The minimum atomic E-state index is 0.0262. The zero-order valence-corrected chi connectivity index (χ0v) is 12.1. The van der Waals surface area contributed by atoms with Crippen LogP contribution in [0.25, 0.3) is 0 Å². The first kappa shape index (κ1) is 14.7. The number of likely N-dealkylation sites (tertiary alicyclic amines) is 1. The summed E-state index contributed by atoms with van der Waals surface area (Å²) < 4.78 is 10.7. The molecule has 0 spiro atoms. The van der Waals surface area contributed by atoms with Crippen LogP contribution < -0.4 is 15.2 Å². The van der Waals surface area contributed by atoms with Gasteiger partial charge in [0.05, 0.1) is 13.7 Å². The number of carbonyl (C=O) groups is 1. The lowest BCUT2D eigenvalue weighted by atomic mass is 10.0. The Morgan fingerprint density at radius 2 is 2.05 bits per heavy atom. The van der Waals surface area contributed by atoms with E-state index in [0.717, 1.165) is 25.9 Å². The largest absolute Gasteiger partial charge is 0.493 e. The van der Waals surface area contributed by atoms with Crippen molar-refractivity contribution in [3.05, 3.63) is 23.8 Å². The van der Waals surface area contributed by atoms with Crippen LogP contribution in [0.4, 0.5) is 0 Å². The highest BCUT2D eigenvalue weighted by molar-refractivity contribution is 5.95. The number of nitrogens with two attached hydrogens (primary N) is 1. The molecule has 2 N–H and O–H groups in total. The van der Waals surface area contributed by atoms with Crippen molar-refractivity contribution in [2.24, 2.45) is 5.73 Å². The Bertz CT molecular complexity index is 468. The quantitative estimate of drug-likeness (QED) is 0.909. The van der Waals surface area contributed by atoms with E-state index in [1.807, 2.05) is 11.8 Å². The third-order valence-corrected chi connectivity index (χ3v) is 3.54. The van der Waals surface area contributed by atoms with E-state index < -0.39 is 0 Å². The lowest BCUT2D eigenvalue weighted by molar-refractivity contribution is 0.0714. The molecule has 1 saturated heterocycles. The Balaban J connectivity index is 2.13. The van der Waals surface area contributed by atoms with Crippen LogP contribution in [-0.4, -0.2) is 43.7 Å². The van der Waals surface area contributed by atoms with Crippen LogP contribution >= 0.6 is 0 Å². The highest BCUT2D eigenvalue weighted by Gasteiger charge is 2.22. The second-order valence-corrected chi connectivity index (χ2v) is 4.93. The molecule has 1 aromatic carbocycles. The van der Waals surface area contributed by atoms with Gasteiger partial charge in [0.15, 0.2) is 11.5 Å². The van der Waals surface area contributed by atoms with Crippen LogP contribution in [0.5, 0.6) is 11.5 Å². The molecule has 0 atom stereocenters. The molecule has 1 aliphatic heterocycles. The maximum Gasteiger partial charge on any atom is 0.253 e. The number of hydrogen-bond acceptors (Lipinski definition) is 4. The van der Waals surface area contributed by atoms with Gasteiger partial charge in [-0.2, -0.15) is 0 Å². The normalized spacial score (nSPS) is 16.1. The lowest BCUT2D eigenvalue weighted by Gasteiger charge is -2.30. The molecule has 1 aliphatic rings. The molecule has 20 heavy (non-hydrogen) atoms. The van der Waals surface area contributed by atoms with Crippen LogP contribution in [0.3, 0.4) is 0 Å². The van der Waals surface area contributed by atoms with Gasteiger partial charge in [-0.3, -0.25) is 4.79 Å². The number of benzene rings is 1. The van der Waals surface area contributed by atoms with Crippen molar-refractivity contribution in [1.82, 2.24) is 4.90 Å². The van der Waals surface area contributed by atoms with Crippen molar-refractivity contribution in [2.45, 2.75) is 25.8 Å². The molecule has 0 aromatic heterocycles. The lowest BCUT2D eigenvalue weighted by Crippen LogP contribution is -2.42. The van der Waals surface area contributed by atoms with E-state index in [4.69, 9.17) is 15.2 Å². The molecule has 0 saturated carbocycles. The number of carbonyl (C=O) groups excluding carboxylic acids is 1. The van der Waals surface area contributed by atoms with E-state index in [0.29, 0.717) is 23.7 Å². The Kier molecular flexibility index (Phi) is 4.84. The van der Waals surface area contributed by atoms with E-state index in [1.54, 1.807) is 25.3 Å². The Labute approximate surface area is 119 Å².